The molecule has 2 aromatic heterocycles. The molecule has 0 aliphatic heterocycles. The van der Waals surface area contributed by atoms with Crippen LogP contribution in [0.2, 0.25) is 5.02 Å². The van der Waals surface area contributed by atoms with Gasteiger partial charge >= 0.3 is 5.97 Å². The molecule has 0 saturated carbocycles. The minimum absolute atomic E-state index is 0.216. The van der Waals surface area contributed by atoms with Crippen molar-refractivity contribution >= 4 is 39.4 Å². The number of hydrogen-bond donors (Lipinski definition) is 1. The number of aromatic amines is 1. The van der Waals surface area contributed by atoms with Gasteiger partial charge in [0.25, 0.3) is 0 Å². The lowest BCUT2D eigenvalue weighted by molar-refractivity contribution is 0.0514. The molecule has 1 N–H and O–H groups in total. The fourth-order valence-electron chi connectivity index (χ4n) is 3.54. The molecule has 0 bridgehead atoms. The van der Waals surface area contributed by atoms with Crippen LogP contribution in [0.15, 0.2) is 48.7 Å². The van der Waals surface area contributed by atoms with E-state index in [1.807, 2.05) is 42.5 Å². The van der Waals surface area contributed by atoms with Crippen molar-refractivity contribution in [3.8, 4) is 5.75 Å². The predicted molar refractivity (Wildman–Crippen MR) is 116 cm³/mol. The number of pyridine rings is 1. The Hall–Kier alpha value is -3.09. The Balaban J connectivity index is 1.85. The summed E-state index contributed by atoms with van der Waals surface area (Å²) in [6.45, 7) is 2.61. The maximum atomic E-state index is 12.5. The quantitative estimate of drug-likeness (QED) is 0.409. The Morgan fingerprint density at radius 1 is 1.10 bits per heavy atom. The normalized spacial score (nSPS) is 11.2. The van der Waals surface area contributed by atoms with Crippen LogP contribution in [0, 0.1) is 0 Å². The molecular formula is C23H21ClN2O4. The molecule has 0 radical (unpaired) electrons. The van der Waals surface area contributed by atoms with Gasteiger partial charge in [-0.1, -0.05) is 29.8 Å². The van der Waals surface area contributed by atoms with Crippen LogP contribution in [0.4, 0.5) is 0 Å². The lowest BCUT2D eigenvalue weighted by Gasteiger charge is -2.11. The fraction of sp³-hybridized carbons (Fsp3) is 0.217. The van der Waals surface area contributed by atoms with Crippen molar-refractivity contribution in [3.63, 3.8) is 0 Å². The second-order valence-corrected chi connectivity index (χ2v) is 7.19. The van der Waals surface area contributed by atoms with Crippen LogP contribution in [-0.2, 0) is 22.7 Å². The molecule has 2 aromatic carbocycles. The first-order valence-corrected chi connectivity index (χ1v) is 9.95. The molecule has 0 aliphatic carbocycles. The van der Waals surface area contributed by atoms with E-state index in [1.165, 1.54) is 0 Å². The predicted octanol–water partition coefficient (Wildman–Crippen LogP) is 5.27. The summed E-state index contributed by atoms with van der Waals surface area (Å²) in [5.41, 5.74) is 3.55. The third-order valence-electron chi connectivity index (χ3n) is 4.77. The molecule has 7 heteroatoms. The standard InChI is InChI=1S/C23H21ClN2O4/c1-3-29-23(27)22-16(13-28-2)20-18(11-25-22)26-17-8-5-9-19(21(17)20)30-12-14-6-4-7-15(24)10-14/h4-11,26H,3,12-13H2,1-2H3. The fourth-order valence-corrected chi connectivity index (χ4v) is 3.75. The van der Waals surface area contributed by atoms with Gasteiger partial charge in [0.05, 0.1) is 30.4 Å². The number of rotatable bonds is 7. The van der Waals surface area contributed by atoms with E-state index in [0.29, 0.717) is 22.9 Å². The number of aromatic nitrogens is 2. The smallest absolute Gasteiger partial charge is 0.357 e. The summed E-state index contributed by atoms with van der Waals surface area (Å²) in [4.78, 5) is 20.2. The number of H-pyrrole nitrogens is 1. The lowest BCUT2D eigenvalue weighted by Crippen LogP contribution is -2.11. The van der Waals surface area contributed by atoms with Gasteiger partial charge in [0.15, 0.2) is 5.69 Å². The Labute approximate surface area is 178 Å². The zero-order valence-corrected chi connectivity index (χ0v) is 17.5. The first-order chi connectivity index (χ1) is 14.6. The summed E-state index contributed by atoms with van der Waals surface area (Å²) in [5.74, 6) is 0.218. The number of fused-ring (bicyclic) bond motifs is 3. The third kappa shape index (κ3) is 3.84. The average Bonchev–Trinajstić information content (AvgIpc) is 3.12. The first kappa shape index (κ1) is 20.2. The molecule has 0 unspecified atom stereocenters. The van der Waals surface area contributed by atoms with E-state index in [2.05, 4.69) is 9.97 Å². The van der Waals surface area contributed by atoms with E-state index in [1.54, 1.807) is 20.2 Å². The minimum atomic E-state index is -0.474. The van der Waals surface area contributed by atoms with Gasteiger partial charge in [-0.05, 0) is 36.8 Å². The number of esters is 1. The number of carbonyl (C=O) groups excluding carboxylic acids is 1. The molecule has 0 fully saturated rings. The van der Waals surface area contributed by atoms with Crippen molar-refractivity contribution in [1.82, 2.24) is 9.97 Å². The molecule has 0 spiro atoms. The van der Waals surface area contributed by atoms with Crippen LogP contribution in [0.3, 0.4) is 0 Å². The van der Waals surface area contributed by atoms with E-state index in [9.17, 15) is 4.79 Å². The summed E-state index contributed by atoms with van der Waals surface area (Å²) in [6, 6.07) is 13.3. The average molecular weight is 425 g/mol. The highest BCUT2D eigenvalue weighted by atomic mass is 35.5. The zero-order valence-electron chi connectivity index (χ0n) is 16.7. The van der Waals surface area contributed by atoms with Gasteiger partial charge in [0.2, 0.25) is 0 Å². The zero-order chi connectivity index (χ0) is 21.1. The number of nitrogens with one attached hydrogen (secondary N) is 1. The van der Waals surface area contributed by atoms with E-state index in [0.717, 1.165) is 27.4 Å². The summed E-state index contributed by atoms with van der Waals surface area (Å²) >= 11 is 6.09. The molecule has 154 valence electrons. The van der Waals surface area contributed by atoms with Crippen LogP contribution in [0.5, 0.6) is 5.75 Å². The van der Waals surface area contributed by atoms with Crippen molar-refractivity contribution < 1.29 is 19.0 Å². The molecule has 4 aromatic rings. The summed E-state index contributed by atoms with van der Waals surface area (Å²) in [6.07, 6.45) is 1.64. The number of carbonyl (C=O) groups is 1. The molecule has 2 heterocycles. The molecular weight excluding hydrogens is 404 g/mol. The number of halogens is 1. The van der Waals surface area contributed by atoms with Gasteiger partial charge in [-0.15, -0.1) is 0 Å². The topological polar surface area (TPSA) is 73.4 Å². The number of benzene rings is 2. The van der Waals surface area contributed by atoms with Crippen molar-refractivity contribution in [3.05, 3.63) is 70.5 Å². The summed E-state index contributed by atoms with van der Waals surface area (Å²) < 4.78 is 16.7. The van der Waals surface area contributed by atoms with E-state index in [4.69, 9.17) is 25.8 Å². The number of hydrogen-bond acceptors (Lipinski definition) is 5. The van der Waals surface area contributed by atoms with Gasteiger partial charge in [0.1, 0.15) is 12.4 Å². The molecule has 0 saturated heterocycles. The summed E-state index contributed by atoms with van der Waals surface area (Å²) in [5, 5.41) is 2.37. The minimum Gasteiger partial charge on any atom is -0.488 e. The van der Waals surface area contributed by atoms with Gasteiger partial charge in [-0.3, -0.25) is 0 Å². The molecule has 0 aliphatic rings. The van der Waals surface area contributed by atoms with Gasteiger partial charge in [0, 0.05) is 28.5 Å². The molecule has 0 amide bonds. The molecule has 4 rings (SSSR count). The van der Waals surface area contributed by atoms with Gasteiger partial charge in [-0.2, -0.15) is 0 Å². The first-order valence-electron chi connectivity index (χ1n) is 9.58. The van der Waals surface area contributed by atoms with Crippen LogP contribution >= 0.6 is 11.6 Å². The van der Waals surface area contributed by atoms with Gasteiger partial charge in [-0.25, -0.2) is 9.78 Å². The van der Waals surface area contributed by atoms with E-state index < -0.39 is 5.97 Å². The van der Waals surface area contributed by atoms with E-state index >= 15 is 0 Å². The molecule has 0 atom stereocenters. The third-order valence-corrected chi connectivity index (χ3v) is 5.00. The lowest BCUT2D eigenvalue weighted by atomic mass is 10.0. The SMILES string of the molecule is CCOC(=O)c1ncc2[nH]c3cccc(OCc4cccc(Cl)c4)c3c2c1COC. The van der Waals surface area contributed by atoms with E-state index in [-0.39, 0.29) is 18.9 Å². The van der Waals surface area contributed by atoms with Crippen molar-refractivity contribution in [1.29, 1.82) is 0 Å². The maximum absolute atomic E-state index is 12.5. The second-order valence-electron chi connectivity index (χ2n) is 6.75. The monoisotopic (exact) mass is 424 g/mol. The van der Waals surface area contributed by atoms with Gasteiger partial charge < -0.3 is 19.2 Å². The molecule has 30 heavy (non-hydrogen) atoms. The summed E-state index contributed by atoms with van der Waals surface area (Å²) in [7, 11) is 1.58. The Morgan fingerprint density at radius 3 is 2.70 bits per heavy atom. The Bertz CT molecular complexity index is 1220. The second kappa shape index (κ2) is 8.73. The highest BCUT2D eigenvalue weighted by Crippen LogP contribution is 2.36. The van der Waals surface area contributed by atoms with Crippen LogP contribution in [-0.4, -0.2) is 29.7 Å². The maximum Gasteiger partial charge on any atom is 0.357 e. The van der Waals surface area contributed by atoms with Crippen molar-refractivity contribution in [2.45, 2.75) is 20.1 Å². The number of nitrogens with zero attached hydrogens (tertiary/aromatic N) is 1. The van der Waals surface area contributed by atoms with Crippen LogP contribution < -0.4 is 4.74 Å². The van der Waals surface area contributed by atoms with Crippen molar-refractivity contribution in [2.24, 2.45) is 0 Å². The van der Waals surface area contributed by atoms with Crippen LogP contribution in [0.25, 0.3) is 21.8 Å². The largest absolute Gasteiger partial charge is 0.488 e. The number of methoxy groups -OCH3 is 1. The van der Waals surface area contributed by atoms with Crippen LogP contribution in [0.1, 0.15) is 28.5 Å². The molecule has 6 nitrogen and oxygen atoms in total. The Morgan fingerprint density at radius 2 is 1.93 bits per heavy atom. The Kier molecular flexibility index (Phi) is 5.88. The highest BCUT2D eigenvalue weighted by molar-refractivity contribution is 6.30. The highest BCUT2D eigenvalue weighted by Gasteiger charge is 2.21. The number of ether oxygens (including phenoxy) is 3. The van der Waals surface area contributed by atoms with Crippen molar-refractivity contribution in [2.75, 3.05) is 13.7 Å².